The highest BCUT2D eigenvalue weighted by atomic mass is 32.1. The van der Waals surface area contributed by atoms with Crippen LogP contribution in [0.3, 0.4) is 0 Å². The van der Waals surface area contributed by atoms with Gasteiger partial charge in [-0.3, -0.25) is 4.90 Å². The summed E-state index contributed by atoms with van der Waals surface area (Å²) in [6, 6.07) is 3.58. The van der Waals surface area contributed by atoms with E-state index >= 15 is 0 Å². The SMILES string of the molecule is O=C(O[C@H]1CN2CCC1CC2)C(O)(c1ccsc1)c1ccsc1. The Labute approximate surface area is 143 Å². The summed E-state index contributed by atoms with van der Waals surface area (Å²) in [6.45, 7) is 2.98. The number of carbonyl (C=O) groups excluding carboxylic acids is 1. The maximum Gasteiger partial charge on any atom is 0.348 e. The number of hydrogen-bond acceptors (Lipinski definition) is 6. The number of aliphatic hydroxyl groups is 1. The lowest BCUT2D eigenvalue weighted by Gasteiger charge is -2.44. The summed E-state index contributed by atoms with van der Waals surface area (Å²) in [5.41, 5.74) is -0.522. The van der Waals surface area contributed by atoms with Gasteiger partial charge in [0.1, 0.15) is 6.10 Å². The van der Waals surface area contributed by atoms with Crippen molar-refractivity contribution >= 4 is 28.6 Å². The number of esters is 1. The third kappa shape index (κ3) is 2.63. The third-order valence-corrected chi connectivity index (χ3v) is 6.39. The molecular formula is C17H19NO3S2. The molecule has 0 aromatic carbocycles. The summed E-state index contributed by atoms with van der Waals surface area (Å²) in [7, 11) is 0. The molecular weight excluding hydrogens is 330 g/mol. The molecule has 0 radical (unpaired) electrons. The molecule has 3 aliphatic rings. The average molecular weight is 349 g/mol. The molecule has 5 rings (SSSR count). The lowest BCUT2D eigenvalue weighted by atomic mass is 9.85. The van der Waals surface area contributed by atoms with Gasteiger partial charge in [0.15, 0.2) is 0 Å². The molecule has 2 aromatic heterocycles. The highest BCUT2D eigenvalue weighted by molar-refractivity contribution is 7.08. The predicted molar refractivity (Wildman–Crippen MR) is 90.7 cm³/mol. The number of thiophene rings is 2. The minimum Gasteiger partial charge on any atom is -0.458 e. The van der Waals surface area contributed by atoms with E-state index in [9.17, 15) is 9.90 Å². The standard InChI is InChI=1S/C17H19NO3S2/c19-16(21-15-9-18-5-1-12(15)2-6-18)17(20,13-3-7-22-10-13)14-4-8-23-11-14/h3-4,7-8,10-12,15,20H,1-2,5-6,9H2/t15-/m0/s1. The minimum absolute atomic E-state index is 0.103. The fourth-order valence-corrected chi connectivity index (χ4v) is 5.01. The Morgan fingerprint density at radius 2 is 1.78 bits per heavy atom. The van der Waals surface area contributed by atoms with Crippen molar-refractivity contribution in [1.29, 1.82) is 0 Å². The quantitative estimate of drug-likeness (QED) is 0.862. The molecule has 1 N–H and O–H groups in total. The van der Waals surface area contributed by atoms with Gasteiger partial charge in [-0.05, 0) is 65.5 Å². The van der Waals surface area contributed by atoms with E-state index in [0.29, 0.717) is 17.0 Å². The number of ether oxygens (including phenoxy) is 1. The van der Waals surface area contributed by atoms with Crippen LogP contribution < -0.4 is 0 Å². The van der Waals surface area contributed by atoms with Gasteiger partial charge in [0.25, 0.3) is 0 Å². The molecule has 0 unspecified atom stereocenters. The first-order valence-electron chi connectivity index (χ1n) is 7.89. The molecule has 1 atom stereocenters. The Kier molecular flexibility index (Phi) is 4.01. The molecule has 5 heterocycles. The monoisotopic (exact) mass is 349 g/mol. The van der Waals surface area contributed by atoms with Crippen molar-refractivity contribution in [2.75, 3.05) is 19.6 Å². The molecule has 0 saturated carbocycles. The molecule has 6 heteroatoms. The predicted octanol–water partition coefficient (Wildman–Crippen LogP) is 2.68. The van der Waals surface area contributed by atoms with Crippen LogP contribution in [0.2, 0.25) is 0 Å². The second-order valence-electron chi connectivity index (χ2n) is 6.32. The normalized spacial score (nSPS) is 27.1. The summed E-state index contributed by atoms with van der Waals surface area (Å²) in [5.74, 6) is -0.119. The molecule has 3 aliphatic heterocycles. The van der Waals surface area contributed by atoms with Gasteiger partial charge in [-0.2, -0.15) is 22.7 Å². The summed E-state index contributed by atoms with van der Waals surface area (Å²) in [4.78, 5) is 15.3. The maximum absolute atomic E-state index is 12.9. The Balaban J connectivity index is 1.61. The third-order valence-electron chi connectivity index (χ3n) is 5.03. The van der Waals surface area contributed by atoms with Crippen molar-refractivity contribution in [3.05, 3.63) is 44.8 Å². The highest BCUT2D eigenvalue weighted by Gasteiger charge is 2.45. The van der Waals surface area contributed by atoms with Gasteiger partial charge in [0.05, 0.1) is 0 Å². The zero-order chi connectivity index (χ0) is 15.9. The minimum atomic E-state index is -1.70. The van der Waals surface area contributed by atoms with Gasteiger partial charge >= 0.3 is 5.97 Å². The van der Waals surface area contributed by atoms with Crippen molar-refractivity contribution in [2.45, 2.75) is 24.5 Å². The maximum atomic E-state index is 12.9. The number of rotatable bonds is 4. The molecule has 2 bridgehead atoms. The van der Waals surface area contributed by atoms with Gasteiger partial charge < -0.3 is 9.84 Å². The van der Waals surface area contributed by atoms with Crippen LogP contribution in [0.4, 0.5) is 0 Å². The van der Waals surface area contributed by atoms with Crippen molar-refractivity contribution in [1.82, 2.24) is 4.90 Å². The topological polar surface area (TPSA) is 49.8 Å². The smallest absolute Gasteiger partial charge is 0.348 e. The lowest BCUT2D eigenvalue weighted by molar-refractivity contribution is -0.177. The van der Waals surface area contributed by atoms with E-state index in [1.165, 1.54) is 22.7 Å². The lowest BCUT2D eigenvalue weighted by Crippen LogP contribution is -2.53. The van der Waals surface area contributed by atoms with Crippen molar-refractivity contribution in [2.24, 2.45) is 5.92 Å². The Morgan fingerprint density at radius 3 is 2.22 bits per heavy atom. The number of fused-ring (bicyclic) bond motifs is 3. The van der Waals surface area contributed by atoms with Crippen molar-refractivity contribution in [3.63, 3.8) is 0 Å². The Bertz CT molecular complexity index is 626. The van der Waals surface area contributed by atoms with Gasteiger partial charge in [0.2, 0.25) is 5.60 Å². The first kappa shape index (κ1) is 15.3. The van der Waals surface area contributed by atoms with Crippen LogP contribution in [0.25, 0.3) is 0 Å². The van der Waals surface area contributed by atoms with E-state index in [4.69, 9.17) is 4.74 Å². The van der Waals surface area contributed by atoms with E-state index in [0.717, 1.165) is 32.5 Å². The fourth-order valence-electron chi connectivity index (χ4n) is 3.61. The second-order valence-corrected chi connectivity index (χ2v) is 7.88. The Morgan fingerprint density at radius 1 is 1.17 bits per heavy atom. The first-order chi connectivity index (χ1) is 11.2. The summed E-state index contributed by atoms with van der Waals surface area (Å²) in [6.07, 6.45) is 2.05. The molecule has 0 aliphatic carbocycles. The van der Waals surface area contributed by atoms with Crippen LogP contribution in [0.1, 0.15) is 24.0 Å². The summed E-state index contributed by atoms with van der Waals surface area (Å²) in [5, 5.41) is 18.6. The number of carbonyl (C=O) groups is 1. The van der Waals surface area contributed by atoms with Crippen LogP contribution >= 0.6 is 22.7 Å². The average Bonchev–Trinajstić information content (AvgIpc) is 3.29. The molecule has 4 nitrogen and oxygen atoms in total. The van der Waals surface area contributed by atoms with Gasteiger partial charge in [-0.1, -0.05) is 0 Å². The number of hydrogen-bond donors (Lipinski definition) is 1. The van der Waals surface area contributed by atoms with E-state index in [1.807, 2.05) is 21.5 Å². The van der Waals surface area contributed by atoms with E-state index < -0.39 is 11.6 Å². The van der Waals surface area contributed by atoms with Crippen LogP contribution in [-0.2, 0) is 15.1 Å². The Hall–Kier alpha value is -1.21. The highest BCUT2D eigenvalue weighted by Crippen LogP contribution is 2.36. The molecule has 3 fully saturated rings. The van der Waals surface area contributed by atoms with E-state index in [-0.39, 0.29) is 6.10 Å². The zero-order valence-electron chi connectivity index (χ0n) is 12.7. The van der Waals surface area contributed by atoms with Crippen LogP contribution in [0, 0.1) is 5.92 Å². The molecule has 23 heavy (non-hydrogen) atoms. The molecule has 2 aromatic rings. The van der Waals surface area contributed by atoms with E-state index in [2.05, 4.69) is 4.90 Å². The number of nitrogens with zero attached hydrogens (tertiary/aromatic N) is 1. The zero-order valence-corrected chi connectivity index (χ0v) is 14.3. The summed E-state index contributed by atoms with van der Waals surface area (Å²) >= 11 is 2.93. The molecule has 3 saturated heterocycles. The largest absolute Gasteiger partial charge is 0.458 e. The summed E-state index contributed by atoms with van der Waals surface area (Å²) < 4.78 is 5.82. The van der Waals surface area contributed by atoms with Crippen LogP contribution in [0.15, 0.2) is 33.7 Å². The number of piperidine rings is 3. The molecule has 0 spiro atoms. The van der Waals surface area contributed by atoms with Gasteiger partial charge in [-0.25, -0.2) is 4.79 Å². The molecule has 122 valence electrons. The van der Waals surface area contributed by atoms with Crippen molar-refractivity contribution < 1.29 is 14.6 Å². The van der Waals surface area contributed by atoms with Crippen molar-refractivity contribution in [3.8, 4) is 0 Å². The van der Waals surface area contributed by atoms with Gasteiger partial charge in [0, 0.05) is 17.7 Å². The van der Waals surface area contributed by atoms with Crippen LogP contribution in [-0.4, -0.2) is 41.7 Å². The fraction of sp³-hybridized carbons (Fsp3) is 0.471. The first-order valence-corrected chi connectivity index (χ1v) is 9.77. The van der Waals surface area contributed by atoms with Gasteiger partial charge in [-0.15, -0.1) is 0 Å². The second kappa shape index (κ2) is 6.02. The van der Waals surface area contributed by atoms with E-state index in [1.54, 1.807) is 12.1 Å². The molecule has 0 amide bonds. The van der Waals surface area contributed by atoms with Crippen LogP contribution in [0.5, 0.6) is 0 Å².